The molecule has 2 heterocycles. The fourth-order valence-electron chi connectivity index (χ4n) is 5.09. The molecule has 0 radical (unpaired) electrons. The first kappa shape index (κ1) is 26.2. The number of hydrogen-bond donors (Lipinski definition) is 3. The van der Waals surface area contributed by atoms with Crippen molar-refractivity contribution < 1.29 is 19.4 Å². The Bertz CT molecular complexity index is 1260. The van der Waals surface area contributed by atoms with Crippen LogP contribution in [0.5, 0.6) is 0 Å². The van der Waals surface area contributed by atoms with E-state index in [1.54, 1.807) is 6.92 Å². The average molecular weight is 511 g/mol. The van der Waals surface area contributed by atoms with Gasteiger partial charge in [0.1, 0.15) is 17.9 Å². The minimum atomic E-state index is -2.91. The highest BCUT2D eigenvalue weighted by atomic mass is 28.4. The van der Waals surface area contributed by atoms with Crippen LogP contribution in [0.15, 0.2) is 76.4 Å². The number of H-pyrrole nitrogens is 1. The van der Waals surface area contributed by atoms with E-state index in [1.165, 1.54) is 10.8 Å². The fourth-order valence-corrected chi connectivity index (χ4v) is 9.64. The highest BCUT2D eigenvalue weighted by Gasteiger charge is 2.53. The molecule has 3 atom stereocenters. The summed E-state index contributed by atoms with van der Waals surface area (Å²) in [5.41, 5.74) is -2.39. The molecule has 1 aliphatic heterocycles. The maximum absolute atomic E-state index is 12.5. The van der Waals surface area contributed by atoms with Gasteiger partial charge in [0.05, 0.1) is 13.2 Å². The minimum Gasteiger partial charge on any atom is -0.405 e. The van der Waals surface area contributed by atoms with Gasteiger partial charge in [0.15, 0.2) is 0 Å². The van der Waals surface area contributed by atoms with E-state index >= 15 is 0 Å². The molecule has 1 aromatic heterocycles. The molecule has 3 N–H and O–H groups in total. The lowest BCUT2D eigenvalue weighted by Gasteiger charge is -2.44. The molecule has 1 fully saturated rings. The molecule has 0 spiro atoms. The number of nitrogens with zero attached hydrogens (tertiary/aromatic N) is 1. The van der Waals surface area contributed by atoms with E-state index < -0.39 is 44.1 Å². The van der Waals surface area contributed by atoms with Gasteiger partial charge in [-0.15, -0.1) is 0 Å². The van der Waals surface area contributed by atoms with Crippen LogP contribution >= 0.6 is 0 Å². The molecule has 192 valence electrons. The largest absolute Gasteiger partial charge is 0.405 e. The number of aromatic nitrogens is 2. The molecule has 2 aromatic carbocycles. The lowest BCUT2D eigenvalue weighted by atomic mass is 9.96. The number of aliphatic hydroxyl groups excluding tert-OH is 1. The Kier molecular flexibility index (Phi) is 7.23. The smallest absolute Gasteiger partial charge is 0.330 e. The van der Waals surface area contributed by atoms with Crippen molar-refractivity contribution in [2.24, 2.45) is 0 Å². The summed E-state index contributed by atoms with van der Waals surface area (Å²) in [7, 11) is -2.91. The summed E-state index contributed by atoms with van der Waals surface area (Å²) in [5, 5.41) is 23.3. The van der Waals surface area contributed by atoms with Crippen LogP contribution in [0.1, 0.15) is 39.0 Å². The maximum atomic E-state index is 12.5. The standard InChI is InChI=1S/C27H34N2O6Si/c1-19-16-29(25(32)28-24(19)31)23-15-27(33,18-30)22(35-23)17-34-36(26(2,3)4,20-11-7-5-8-12-20)21-13-9-6-10-14-21/h5-14,16,22-23,30,33H,15,17-18H2,1-4H3,(H,28,31,32)/t22-,23-,27-/m1/s1. The molecule has 0 aliphatic carbocycles. The Morgan fingerprint density at radius 2 is 1.64 bits per heavy atom. The number of ether oxygens (including phenoxy) is 1. The zero-order valence-electron chi connectivity index (χ0n) is 21.1. The fraction of sp³-hybridized carbons (Fsp3) is 0.407. The molecule has 4 rings (SSSR count). The molecule has 0 saturated carbocycles. The highest BCUT2D eigenvalue weighted by Crippen LogP contribution is 2.40. The molecule has 0 bridgehead atoms. The Morgan fingerprint density at radius 3 is 2.14 bits per heavy atom. The number of nitrogens with one attached hydrogen (secondary N) is 1. The van der Waals surface area contributed by atoms with Crippen LogP contribution < -0.4 is 21.6 Å². The van der Waals surface area contributed by atoms with E-state index in [-0.39, 0.29) is 18.1 Å². The highest BCUT2D eigenvalue weighted by molar-refractivity contribution is 6.99. The first-order valence-electron chi connectivity index (χ1n) is 12.1. The van der Waals surface area contributed by atoms with E-state index in [0.29, 0.717) is 5.56 Å². The minimum absolute atomic E-state index is 0.0118. The molecule has 1 aliphatic rings. The van der Waals surface area contributed by atoms with E-state index in [9.17, 15) is 19.8 Å². The number of hydrogen-bond acceptors (Lipinski definition) is 6. The van der Waals surface area contributed by atoms with Gasteiger partial charge in [-0.25, -0.2) is 4.79 Å². The first-order chi connectivity index (χ1) is 17.0. The van der Waals surface area contributed by atoms with Gasteiger partial charge in [-0.1, -0.05) is 81.4 Å². The SMILES string of the molecule is Cc1cn([C@H]2C[C@@](O)(CO)[C@@H](CO[Si](c3ccccc3)(c3ccccc3)C(C)(C)C)O2)c(=O)[nH]c1=O. The van der Waals surface area contributed by atoms with Crippen LogP contribution in [0.3, 0.4) is 0 Å². The van der Waals surface area contributed by atoms with Gasteiger partial charge in [0.25, 0.3) is 13.9 Å². The average Bonchev–Trinajstić information content (AvgIpc) is 3.19. The monoisotopic (exact) mass is 510 g/mol. The third-order valence-corrected chi connectivity index (χ3v) is 12.1. The zero-order chi connectivity index (χ0) is 26.1. The van der Waals surface area contributed by atoms with Crippen molar-refractivity contribution in [3.63, 3.8) is 0 Å². The van der Waals surface area contributed by atoms with Crippen molar-refractivity contribution >= 4 is 18.7 Å². The van der Waals surface area contributed by atoms with Crippen LogP contribution in [0.2, 0.25) is 5.04 Å². The summed E-state index contributed by atoms with van der Waals surface area (Å²) >= 11 is 0. The third-order valence-electron chi connectivity index (χ3n) is 7.05. The summed E-state index contributed by atoms with van der Waals surface area (Å²) in [5.74, 6) is 0. The summed E-state index contributed by atoms with van der Waals surface area (Å²) in [6.45, 7) is 7.49. The first-order valence-corrected chi connectivity index (χ1v) is 14.0. The van der Waals surface area contributed by atoms with Crippen LogP contribution in [-0.4, -0.2) is 53.0 Å². The summed E-state index contributed by atoms with van der Waals surface area (Å²) < 4.78 is 14.3. The van der Waals surface area contributed by atoms with E-state index in [4.69, 9.17) is 9.16 Å². The normalized spacial score (nSPS) is 22.6. The number of benzene rings is 2. The van der Waals surface area contributed by atoms with Crippen molar-refractivity contribution in [3.8, 4) is 0 Å². The Labute approximate surface area is 211 Å². The van der Waals surface area contributed by atoms with Gasteiger partial charge in [-0.3, -0.25) is 14.3 Å². The van der Waals surface area contributed by atoms with Gasteiger partial charge in [-0.2, -0.15) is 0 Å². The second-order valence-corrected chi connectivity index (χ2v) is 14.8. The van der Waals surface area contributed by atoms with Crippen LogP contribution in [0, 0.1) is 6.92 Å². The predicted molar refractivity (Wildman–Crippen MR) is 140 cm³/mol. The summed E-state index contributed by atoms with van der Waals surface area (Å²) in [6.07, 6.45) is -0.371. The lowest BCUT2D eigenvalue weighted by Crippen LogP contribution is -2.67. The van der Waals surface area contributed by atoms with Gasteiger partial charge < -0.3 is 19.4 Å². The van der Waals surface area contributed by atoms with E-state index in [0.717, 1.165) is 10.4 Å². The Balaban J connectivity index is 1.72. The lowest BCUT2D eigenvalue weighted by molar-refractivity contribution is -0.0980. The molecule has 3 aromatic rings. The predicted octanol–water partition coefficient (Wildman–Crippen LogP) is 1.43. The van der Waals surface area contributed by atoms with Crippen LogP contribution in [-0.2, 0) is 9.16 Å². The molecule has 8 nitrogen and oxygen atoms in total. The van der Waals surface area contributed by atoms with Crippen molar-refractivity contribution in [3.05, 3.63) is 93.3 Å². The number of aromatic amines is 1. The van der Waals surface area contributed by atoms with Crippen LogP contribution in [0.4, 0.5) is 0 Å². The Hall–Kier alpha value is -2.82. The van der Waals surface area contributed by atoms with E-state index in [2.05, 4.69) is 50.0 Å². The maximum Gasteiger partial charge on any atom is 0.330 e. The van der Waals surface area contributed by atoms with Crippen molar-refractivity contribution in [1.82, 2.24) is 9.55 Å². The van der Waals surface area contributed by atoms with Gasteiger partial charge in [0.2, 0.25) is 0 Å². The number of aryl methyl sites for hydroxylation is 1. The second kappa shape index (κ2) is 9.91. The number of rotatable bonds is 7. The molecule has 9 heteroatoms. The molecular weight excluding hydrogens is 476 g/mol. The van der Waals surface area contributed by atoms with E-state index in [1.807, 2.05) is 36.4 Å². The summed E-state index contributed by atoms with van der Waals surface area (Å²) in [6, 6.07) is 20.2. The molecule has 1 saturated heterocycles. The topological polar surface area (TPSA) is 114 Å². The molecule has 36 heavy (non-hydrogen) atoms. The van der Waals surface area contributed by atoms with Crippen molar-refractivity contribution in [1.29, 1.82) is 0 Å². The summed E-state index contributed by atoms with van der Waals surface area (Å²) in [4.78, 5) is 26.5. The number of aliphatic hydroxyl groups is 2. The van der Waals surface area contributed by atoms with Gasteiger partial charge in [-0.05, 0) is 22.3 Å². The zero-order valence-corrected chi connectivity index (χ0v) is 22.1. The second-order valence-electron chi connectivity index (χ2n) is 10.5. The Morgan fingerprint density at radius 1 is 1.08 bits per heavy atom. The third kappa shape index (κ3) is 4.65. The van der Waals surface area contributed by atoms with Crippen LogP contribution in [0.25, 0.3) is 0 Å². The molecular formula is C27H34N2O6Si. The van der Waals surface area contributed by atoms with Gasteiger partial charge in [0, 0.05) is 18.2 Å². The molecule has 0 unspecified atom stereocenters. The quantitative estimate of drug-likeness (QED) is 0.415. The van der Waals surface area contributed by atoms with Crippen molar-refractivity contribution in [2.45, 2.75) is 57.1 Å². The molecule has 0 amide bonds. The van der Waals surface area contributed by atoms with Gasteiger partial charge >= 0.3 is 5.69 Å². The van der Waals surface area contributed by atoms with Crippen molar-refractivity contribution in [2.75, 3.05) is 13.2 Å².